The van der Waals surface area contributed by atoms with Crippen molar-refractivity contribution in [3.63, 3.8) is 0 Å². The summed E-state index contributed by atoms with van der Waals surface area (Å²) in [6.07, 6.45) is 0.784. The number of hydrogen-bond acceptors (Lipinski definition) is 3. The molecule has 0 bridgehead atoms. The lowest BCUT2D eigenvalue weighted by atomic mass is 10.2. The van der Waals surface area contributed by atoms with Gasteiger partial charge in [0.1, 0.15) is 0 Å². The number of thiazole rings is 1. The number of aldehydes is 1. The van der Waals surface area contributed by atoms with E-state index in [1.165, 1.54) is 16.9 Å². The molecule has 0 spiro atoms. The predicted octanol–water partition coefficient (Wildman–Crippen LogP) is 3.18. The lowest BCUT2D eigenvalue weighted by molar-refractivity contribution is 0.112. The molecule has 0 saturated carbocycles. The Kier molecular flexibility index (Phi) is 2.17. The smallest absolute Gasteiger partial charge is 0.178 e. The fourth-order valence-corrected chi connectivity index (χ4v) is 2.89. The van der Waals surface area contributed by atoms with Gasteiger partial charge in [-0.25, -0.2) is 4.98 Å². The third-order valence-electron chi connectivity index (χ3n) is 1.71. The van der Waals surface area contributed by atoms with E-state index < -0.39 is 0 Å². The first-order valence-electron chi connectivity index (χ1n) is 3.72. The van der Waals surface area contributed by atoms with E-state index in [1.54, 1.807) is 0 Å². The molecule has 0 amide bonds. The summed E-state index contributed by atoms with van der Waals surface area (Å²) >= 11 is 4.83. The number of fused-ring (bicyclic) bond motifs is 1. The maximum Gasteiger partial charge on any atom is 0.178 e. The lowest BCUT2D eigenvalue weighted by Crippen LogP contribution is -1.76. The van der Waals surface area contributed by atoms with Crippen LogP contribution in [0.1, 0.15) is 15.4 Å². The molecule has 13 heavy (non-hydrogen) atoms. The van der Waals surface area contributed by atoms with Gasteiger partial charge in [0.25, 0.3) is 0 Å². The molecule has 0 fully saturated rings. The molecule has 0 N–H and O–H groups in total. The Morgan fingerprint density at radius 3 is 3.00 bits per heavy atom. The van der Waals surface area contributed by atoms with Gasteiger partial charge in [-0.3, -0.25) is 4.79 Å². The molecular weight excluding hydrogens is 250 g/mol. The van der Waals surface area contributed by atoms with Gasteiger partial charge in [0.2, 0.25) is 0 Å². The minimum absolute atomic E-state index is 0.529. The van der Waals surface area contributed by atoms with E-state index in [4.69, 9.17) is 0 Å². The summed E-state index contributed by atoms with van der Waals surface area (Å²) in [5.41, 5.74) is 2.04. The topological polar surface area (TPSA) is 30.0 Å². The number of benzene rings is 1. The quantitative estimate of drug-likeness (QED) is 0.733. The van der Waals surface area contributed by atoms with Crippen molar-refractivity contribution in [3.05, 3.63) is 27.2 Å². The minimum atomic E-state index is 0.529. The number of aryl methyl sites for hydroxylation is 1. The molecule has 2 rings (SSSR count). The SMILES string of the molecule is Cc1cc(Br)c2nc(C=O)sc2c1. The summed E-state index contributed by atoms with van der Waals surface area (Å²) in [7, 11) is 0. The highest BCUT2D eigenvalue weighted by molar-refractivity contribution is 9.10. The Hall–Kier alpha value is -0.740. The van der Waals surface area contributed by atoms with E-state index in [2.05, 4.69) is 20.9 Å². The van der Waals surface area contributed by atoms with Crippen LogP contribution in [0.2, 0.25) is 0 Å². The van der Waals surface area contributed by atoms with Crippen molar-refractivity contribution in [1.29, 1.82) is 0 Å². The second-order valence-corrected chi connectivity index (χ2v) is 4.68. The molecule has 0 radical (unpaired) electrons. The van der Waals surface area contributed by atoms with Crippen LogP contribution in [0.5, 0.6) is 0 Å². The monoisotopic (exact) mass is 255 g/mol. The van der Waals surface area contributed by atoms with E-state index in [1.807, 2.05) is 19.1 Å². The normalized spacial score (nSPS) is 10.6. The van der Waals surface area contributed by atoms with Crippen LogP contribution in [0.4, 0.5) is 0 Å². The maximum atomic E-state index is 10.5. The zero-order chi connectivity index (χ0) is 9.42. The van der Waals surface area contributed by atoms with E-state index in [9.17, 15) is 4.79 Å². The molecule has 0 aliphatic heterocycles. The molecule has 2 aromatic rings. The van der Waals surface area contributed by atoms with E-state index >= 15 is 0 Å². The molecule has 0 unspecified atom stereocenters. The van der Waals surface area contributed by atoms with Crippen LogP contribution < -0.4 is 0 Å². The summed E-state index contributed by atoms with van der Waals surface area (Å²) in [6.45, 7) is 2.02. The second-order valence-electron chi connectivity index (χ2n) is 2.76. The van der Waals surface area contributed by atoms with Crippen molar-refractivity contribution >= 4 is 43.8 Å². The predicted molar refractivity (Wildman–Crippen MR) is 57.4 cm³/mol. The fraction of sp³-hybridized carbons (Fsp3) is 0.111. The molecule has 0 saturated heterocycles. The minimum Gasteiger partial charge on any atom is -0.295 e. The third-order valence-corrected chi connectivity index (χ3v) is 3.24. The Morgan fingerprint density at radius 2 is 2.31 bits per heavy atom. The van der Waals surface area contributed by atoms with Gasteiger partial charge in [-0.15, -0.1) is 11.3 Å². The zero-order valence-corrected chi connectivity index (χ0v) is 9.28. The Morgan fingerprint density at radius 1 is 1.54 bits per heavy atom. The van der Waals surface area contributed by atoms with Gasteiger partial charge in [0.05, 0.1) is 10.2 Å². The van der Waals surface area contributed by atoms with Gasteiger partial charge in [-0.1, -0.05) is 0 Å². The van der Waals surface area contributed by atoms with Crippen molar-refractivity contribution in [3.8, 4) is 0 Å². The molecule has 0 aliphatic rings. The second kappa shape index (κ2) is 3.20. The van der Waals surface area contributed by atoms with Crippen LogP contribution in [0, 0.1) is 6.92 Å². The Bertz CT molecular complexity index is 478. The van der Waals surface area contributed by atoms with Crippen LogP contribution in [-0.4, -0.2) is 11.3 Å². The first-order chi connectivity index (χ1) is 6.20. The van der Waals surface area contributed by atoms with Crippen molar-refractivity contribution in [2.24, 2.45) is 0 Å². The van der Waals surface area contributed by atoms with Gasteiger partial charge in [-0.05, 0) is 40.5 Å². The van der Waals surface area contributed by atoms with Gasteiger partial charge in [0, 0.05) is 4.47 Å². The van der Waals surface area contributed by atoms with Crippen LogP contribution in [0.15, 0.2) is 16.6 Å². The van der Waals surface area contributed by atoms with Crippen LogP contribution in [0.25, 0.3) is 10.2 Å². The lowest BCUT2D eigenvalue weighted by Gasteiger charge is -1.94. The molecule has 4 heteroatoms. The molecule has 0 atom stereocenters. The van der Waals surface area contributed by atoms with Crippen LogP contribution >= 0.6 is 27.3 Å². The number of halogens is 1. The first-order valence-corrected chi connectivity index (χ1v) is 5.33. The van der Waals surface area contributed by atoms with Gasteiger partial charge < -0.3 is 0 Å². The molecule has 1 heterocycles. The maximum absolute atomic E-state index is 10.5. The van der Waals surface area contributed by atoms with Crippen molar-refractivity contribution in [2.45, 2.75) is 6.92 Å². The summed E-state index contributed by atoms with van der Waals surface area (Å²) < 4.78 is 2.00. The van der Waals surface area contributed by atoms with Crippen molar-refractivity contribution < 1.29 is 4.79 Å². The highest BCUT2D eigenvalue weighted by Crippen LogP contribution is 2.29. The zero-order valence-electron chi connectivity index (χ0n) is 6.87. The fourth-order valence-electron chi connectivity index (χ4n) is 1.19. The van der Waals surface area contributed by atoms with Gasteiger partial charge in [-0.2, -0.15) is 0 Å². The van der Waals surface area contributed by atoms with E-state index in [0.717, 1.165) is 21.0 Å². The molecular formula is C9H6BrNOS. The summed E-state index contributed by atoms with van der Waals surface area (Å²) in [6, 6.07) is 4.03. The van der Waals surface area contributed by atoms with E-state index in [-0.39, 0.29) is 0 Å². The first kappa shape index (κ1) is 8.84. The van der Waals surface area contributed by atoms with Gasteiger partial charge >= 0.3 is 0 Å². The average Bonchev–Trinajstić information content (AvgIpc) is 2.47. The van der Waals surface area contributed by atoms with Crippen LogP contribution in [0.3, 0.4) is 0 Å². The van der Waals surface area contributed by atoms with Crippen molar-refractivity contribution in [2.75, 3.05) is 0 Å². The number of nitrogens with zero attached hydrogens (tertiary/aromatic N) is 1. The number of carbonyl (C=O) groups excluding carboxylic acids is 1. The van der Waals surface area contributed by atoms with Gasteiger partial charge in [0.15, 0.2) is 11.3 Å². The summed E-state index contributed by atoms with van der Waals surface area (Å²) in [4.78, 5) is 14.7. The molecule has 1 aromatic heterocycles. The Labute approximate surface area is 87.7 Å². The molecule has 1 aromatic carbocycles. The summed E-state index contributed by atoms with van der Waals surface area (Å²) in [5.74, 6) is 0. The van der Waals surface area contributed by atoms with Crippen molar-refractivity contribution in [1.82, 2.24) is 4.98 Å². The molecule has 2 nitrogen and oxygen atoms in total. The number of rotatable bonds is 1. The number of hydrogen-bond donors (Lipinski definition) is 0. The number of aromatic nitrogens is 1. The third kappa shape index (κ3) is 1.51. The highest BCUT2D eigenvalue weighted by Gasteiger charge is 2.06. The standard InChI is InChI=1S/C9H6BrNOS/c1-5-2-6(10)9-7(3-5)13-8(4-12)11-9/h2-4H,1H3. The molecule has 66 valence electrons. The van der Waals surface area contributed by atoms with Crippen LogP contribution in [-0.2, 0) is 0 Å². The number of carbonyl (C=O) groups is 1. The Balaban J connectivity index is 2.82. The average molecular weight is 256 g/mol. The van der Waals surface area contributed by atoms with E-state index in [0.29, 0.717) is 5.01 Å². The summed E-state index contributed by atoms with van der Waals surface area (Å²) in [5, 5.41) is 0.529. The molecule has 0 aliphatic carbocycles. The largest absolute Gasteiger partial charge is 0.295 e. The highest BCUT2D eigenvalue weighted by atomic mass is 79.9.